The van der Waals surface area contributed by atoms with Crippen LogP contribution in [-0.4, -0.2) is 113 Å². The van der Waals surface area contributed by atoms with E-state index in [4.69, 9.17) is 33.2 Å². The predicted molar refractivity (Wildman–Crippen MR) is 140 cm³/mol. The van der Waals surface area contributed by atoms with Crippen LogP contribution in [0.2, 0.25) is 0 Å². The molecule has 3 saturated heterocycles. The van der Waals surface area contributed by atoms with Crippen LogP contribution in [0.4, 0.5) is 0 Å². The summed E-state index contributed by atoms with van der Waals surface area (Å²) in [4.78, 5) is 25.8. The van der Waals surface area contributed by atoms with E-state index >= 15 is 0 Å². The summed E-state index contributed by atoms with van der Waals surface area (Å²) in [5.74, 6) is -2.50. The first-order valence-corrected chi connectivity index (χ1v) is 13.5. The third-order valence-electron chi connectivity index (χ3n) is 7.19. The lowest BCUT2D eigenvalue weighted by atomic mass is 9.98. The van der Waals surface area contributed by atoms with Gasteiger partial charge in [0.05, 0.1) is 17.7 Å². The molecule has 42 heavy (non-hydrogen) atoms. The van der Waals surface area contributed by atoms with Crippen molar-refractivity contribution in [2.24, 2.45) is 0 Å². The largest absolute Gasteiger partial charge is 0.459 e. The van der Waals surface area contributed by atoms with Crippen LogP contribution in [0.5, 0.6) is 0 Å². The molecular formula is C29H34O13. The monoisotopic (exact) mass is 590 g/mol. The average molecular weight is 591 g/mol. The highest BCUT2D eigenvalue weighted by Crippen LogP contribution is 2.40. The summed E-state index contributed by atoms with van der Waals surface area (Å²) in [6.45, 7) is 2.32. The number of ether oxygens (including phenoxy) is 7. The highest BCUT2D eigenvalue weighted by molar-refractivity contribution is 5.89. The SMILES string of the molecule is CC1(C)O[C@H]2[C@@H](O1)[C@@H](COC(=O)c1ccccc1)O[C@@H](O[C@@H]1O[C@H](CO)[C@@H](O)[C@H](O)[C@H]1O)[C@@H]2OC(=O)c1ccccc1. The fourth-order valence-electron chi connectivity index (χ4n) is 5.10. The van der Waals surface area contributed by atoms with Crippen molar-refractivity contribution in [2.75, 3.05) is 13.2 Å². The first-order chi connectivity index (χ1) is 20.1. The molecule has 2 aromatic carbocycles. The van der Waals surface area contributed by atoms with Crippen molar-refractivity contribution >= 4 is 11.9 Å². The fraction of sp³-hybridized carbons (Fsp3) is 0.517. The molecule has 0 aromatic heterocycles. The molecule has 0 aliphatic carbocycles. The van der Waals surface area contributed by atoms with Crippen LogP contribution in [-0.2, 0) is 33.2 Å². The Labute approximate surface area is 241 Å². The van der Waals surface area contributed by atoms with Crippen molar-refractivity contribution in [3.05, 3.63) is 71.8 Å². The van der Waals surface area contributed by atoms with Crippen LogP contribution in [0.15, 0.2) is 60.7 Å². The number of carbonyl (C=O) groups excluding carboxylic acids is 2. The number of hydrogen-bond acceptors (Lipinski definition) is 13. The van der Waals surface area contributed by atoms with E-state index < -0.39 is 85.7 Å². The van der Waals surface area contributed by atoms with Crippen LogP contribution >= 0.6 is 0 Å². The summed E-state index contributed by atoms with van der Waals surface area (Å²) in [5, 5.41) is 40.7. The molecular weight excluding hydrogens is 556 g/mol. The smallest absolute Gasteiger partial charge is 0.338 e. The van der Waals surface area contributed by atoms with E-state index in [1.807, 2.05) is 0 Å². The second-order valence-electron chi connectivity index (χ2n) is 10.6. The highest BCUT2D eigenvalue weighted by atomic mass is 16.8. The molecule has 3 aliphatic rings. The molecule has 228 valence electrons. The zero-order valence-electron chi connectivity index (χ0n) is 22.9. The Hall–Kier alpha value is -2.98. The number of aliphatic hydroxyl groups excluding tert-OH is 4. The van der Waals surface area contributed by atoms with E-state index in [2.05, 4.69) is 0 Å². The van der Waals surface area contributed by atoms with Crippen molar-refractivity contribution in [3.63, 3.8) is 0 Å². The second kappa shape index (κ2) is 12.7. The topological polar surface area (TPSA) is 180 Å². The maximum atomic E-state index is 13.1. The highest BCUT2D eigenvalue weighted by Gasteiger charge is 2.59. The molecule has 3 fully saturated rings. The zero-order valence-corrected chi connectivity index (χ0v) is 22.9. The van der Waals surface area contributed by atoms with Crippen LogP contribution in [0.3, 0.4) is 0 Å². The Morgan fingerprint density at radius 3 is 1.95 bits per heavy atom. The van der Waals surface area contributed by atoms with Crippen molar-refractivity contribution in [3.8, 4) is 0 Å². The molecule has 2 aromatic rings. The maximum absolute atomic E-state index is 13.1. The Morgan fingerprint density at radius 1 is 0.762 bits per heavy atom. The van der Waals surface area contributed by atoms with Gasteiger partial charge in [-0.05, 0) is 38.1 Å². The Bertz CT molecular complexity index is 1210. The minimum Gasteiger partial charge on any atom is -0.459 e. The van der Waals surface area contributed by atoms with Gasteiger partial charge in [-0.1, -0.05) is 36.4 Å². The quantitative estimate of drug-likeness (QED) is 0.305. The molecule has 0 amide bonds. The fourth-order valence-corrected chi connectivity index (χ4v) is 5.10. The number of carbonyl (C=O) groups is 2. The molecule has 3 heterocycles. The molecule has 0 unspecified atom stereocenters. The lowest BCUT2D eigenvalue weighted by molar-refractivity contribution is -0.369. The summed E-state index contributed by atoms with van der Waals surface area (Å²) in [6.07, 6.45) is -13.7. The third-order valence-corrected chi connectivity index (χ3v) is 7.19. The van der Waals surface area contributed by atoms with Crippen molar-refractivity contribution in [1.29, 1.82) is 0 Å². The van der Waals surface area contributed by atoms with Gasteiger partial charge in [-0.3, -0.25) is 0 Å². The molecule has 5 rings (SSSR count). The summed E-state index contributed by atoms with van der Waals surface area (Å²) in [7, 11) is 0. The molecule has 10 atom stereocenters. The zero-order chi connectivity index (χ0) is 30.0. The third kappa shape index (κ3) is 6.49. The van der Waals surface area contributed by atoms with E-state index in [0.29, 0.717) is 5.56 Å². The van der Waals surface area contributed by atoms with Gasteiger partial charge >= 0.3 is 11.9 Å². The lowest BCUT2D eigenvalue weighted by Crippen LogP contribution is -2.64. The number of aliphatic hydroxyl groups is 4. The van der Waals surface area contributed by atoms with E-state index in [-0.39, 0.29) is 12.2 Å². The van der Waals surface area contributed by atoms with E-state index in [1.54, 1.807) is 74.5 Å². The van der Waals surface area contributed by atoms with Crippen molar-refractivity contribution < 1.29 is 63.2 Å². The molecule has 0 radical (unpaired) electrons. The molecule has 13 nitrogen and oxygen atoms in total. The summed E-state index contributed by atoms with van der Waals surface area (Å²) < 4.78 is 41.1. The molecule has 0 bridgehead atoms. The van der Waals surface area contributed by atoms with Crippen LogP contribution in [0, 0.1) is 0 Å². The molecule has 4 N–H and O–H groups in total. The number of rotatable bonds is 8. The van der Waals surface area contributed by atoms with Gasteiger partial charge in [0.1, 0.15) is 49.3 Å². The minimum atomic E-state index is -1.76. The molecule has 0 spiro atoms. The number of benzene rings is 2. The van der Waals surface area contributed by atoms with Crippen molar-refractivity contribution in [1.82, 2.24) is 0 Å². The van der Waals surface area contributed by atoms with Gasteiger partial charge in [0.25, 0.3) is 0 Å². The van der Waals surface area contributed by atoms with E-state index in [1.165, 1.54) is 0 Å². The molecule has 3 aliphatic heterocycles. The summed E-state index contributed by atoms with van der Waals surface area (Å²) >= 11 is 0. The summed E-state index contributed by atoms with van der Waals surface area (Å²) in [6, 6.07) is 16.5. The van der Waals surface area contributed by atoms with Gasteiger partial charge < -0.3 is 53.6 Å². The Balaban J connectivity index is 1.42. The van der Waals surface area contributed by atoms with Crippen LogP contribution in [0.1, 0.15) is 34.6 Å². The number of hydrogen-bond donors (Lipinski definition) is 4. The van der Waals surface area contributed by atoms with Gasteiger partial charge in [0.15, 0.2) is 18.2 Å². The van der Waals surface area contributed by atoms with Gasteiger partial charge in [0, 0.05) is 0 Å². The first-order valence-electron chi connectivity index (χ1n) is 13.5. The number of fused-ring (bicyclic) bond motifs is 1. The van der Waals surface area contributed by atoms with Gasteiger partial charge in [-0.2, -0.15) is 0 Å². The minimum absolute atomic E-state index is 0.234. The lowest BCUT2D eigenvalue weighted by Gasteiger charge is -2.45. The van der Waals surface area contributed by atoms with E-state index in [9.17, 15) is 30.0 Å². The number of esters is 2. The molecule has 13 heteroatoms. The summed E-state index contributed by atoms with van der Waals surface area (Å²) in [5.41, 5.74) is 0.551. The maximum Gasteiger partial charge on any atom is 0.338 e. The van der Waals surface area contributed by atoms with Gasteiger partial charge in [-0.15, -0.1) is 0 Å². The standard InChI is InChI=1S/C29H34O13/c1-29(2)41-22-18(14-36-25(34)15-9-5-3-6-10-15)38-28(40-27-21(33)20(32)19(31)17(13-30)37-27)24(23(22)42-29)39-26(35)16-11-7-4-8-12-16/h3-12,17-24,27-28,30-33H,13-14H2,1-2H3/t17-,18-,19-,20+,21-,22+,23+,24-,27+,28+/m1/s1. The van der Waals surface area contributed by atoms with E-state index in [0.717, 1.165) is 0 Å². The van der Waals surface area contributed by atoms with Crippen molar-refractivity contribution in [2.45, 2.75) is 81.0 Å². The normalized spacial score (nSPS) is 35.7. The van der Waals surface area contributed by atoms with Crippen LogP contribution < -0.4 is 0 Å². The Morgan fingerprint density at radius 2 is 1.33 bits per heavy atom. The van der Waals surface area contributed by atoms with Gasteiger partial charge in [0.2, 0.25) is 6.29 Å². The van der Waals surface area contributed by atoms with Gasteiger partial charge in [-0.25, -0.2) is 9.59 Å². The second-order valence-corrected chi connectivity index (χ2v) is 10.6. The molecule has 0 saturated carbocycles. The predicted octanol–water partition coefficient (Wildman–Crippen LogP) is 0.131. The Kier molecular flexibility index (Phi) is 9.23. The average Bonchev–Trinajstić information content (AvgIpc) is 3.33. The first kappa shape index (κ1) is 30.5. The van der Waals surface area contributed by atoms with Crippen LogP contribution in [0.25, 0.3) is 0 Å².